The predicted octanol–water partition coefficient (Wildman–Crippen LogP) is -3.62. The first-order valence-corrected chi connectivity index (χ1v) is 3.54. The van der Waals surface area contributed by atoms with Gasteiger partial charge in [0.25, 0.3) is 0 Å². The molecule has 0 aromatic carbocycles. The van der Waals surface area contributed by atoms with Crippen molar-refractivity contribution in [3.63, 3.8) is 0 Å². The van der Waals surface area contributed by atoms with Gasteiger partial charge in [0.15, 0.2) is 0 Å². The quantitative estimate of drug-likeness (QED) is 0.173. The molecule has 0 amide bonds. The van der Waals surface area contributed by atoms with Crippen LogP contribution in [0.2, 0.25) is 0 Å². The molecule has 0 aromatic rings. The van der Waals surface area contributed by atoms with Crippen molar-refractivity contribution in [1.82, 2.24) is 0 Å². The maximum absolute atomic E-state index is 9.04. The Hall–Kier alpha value is -0.880. The van der Waals surface area contributed by atoms with Crippen molar-refractivity contribution in [3.8, 4) is 0 Å². The average Bonchev–Trinajstić information content (AvgIpc) is 1.86. The third-order valence-electron chi connectivity index (χ3n) is 1.08. The molecule has 6 heteroatoms. The summed E-state index contributed by atoms with van der Waals surface area (Å²) in [6, 6.07) is 0. The van der Waals surface area contributed by atoms with E-state index in [4.69, 9.17) is 22.3 Å². The number of aliphatic hydroxyl groups is 1. The Morgan fingerprint density at radius 2 is 2.00 bits per heavy atom. The largest absolute Gasteiger partial charge is 0.391 e. The molecule has 5 nitrogen and oxygen atoms in total. The van der Waals surface area contributed by atoms with Gasteiger partial charge in [-0.1, -0.05) is 12.2 Å². The van der Waals surface area contributed by atoms with E-state index >= 15 is 0 Å². The molecule has 0 bridgehead atoms. The maximum atomic E-state index is 9.04. The van der Waals surface area contributed by atoms with Crippen molar-refractivity contribution in [2.24, 2.45) is 17.2 Å². The van der Waals surface area contributed by atoms with Crippen LogP contribution in [0.4, 0.5) is 0 Å². The molecule has 64 valence electrons. The number of aliphatic hydroxyl groups excluding tert-OH is 1. The molecule has 0 heterocycles. The maximum Gasteiger partial charge on any atom is 0.338 e. The fourth-order valence-corrected chi connectivity index (χ4v) is 0.613. The molecule has 0 spiro atoms. The number of rotatable bonds is 4. The first-order chi connectivity index (χ1) is 5.04. The minimum absolute atomic E-state index is 0.0855. The van der Waals surface area contributed by atoms with Gasteiger partial charge in [0.05, 0.1) is 6.54 Å². The molecule has 0 aliphatic heterocycles. The second-order valence-electron chi connectivity index (χ2n) is 2.09. The fraction of sp³-hybridized carbons (Fsp3) is 0.600. The second kappa shape index (κ2) is 4.86. The first kappa shape index (κ1) is 10.1. The fourth-order valence-electron chi connectivity index (χ4n) is 0.495. The van der Waals surface area contributed by atoms with Crippen LogP contribution in [0.15, 0.2) is 0 Å². The molecule has 8 N–H and O–H groups in total. The highest BCUT2D eigenvalue weighted by Gasteiger charge is 2.05. The van der Waals surface area contributed by atoms with E-state index in [2.05, 4.69) is 17.2 Å². The highest BCUT2D eigenvalue weighted by molar-refractivity contribution is 7.80. The molecule has 0 aromatic heterocycles. The van der Waals surface area contributed by atoms with Gasteiger partial charge in [0.2, 0.25) is 0 Å². The van der Waals surface area contributed by atoms with E-state index in [9.17, 15) is 0 Å². The van der Waals surface area contributed by atoms with Gasteiger partial charge in [-0.15, -0.1) is 0 Å². The Bertz CT molecular complexity index is 166. The van der Waals surface area contributed by atoms with Crippen LogP contribution in [0.3, 0.4) is 0 Å². The zero-order valence-electron chi connectivity index (χ0n) is 6.08. The normalized spacial score (nSPS) is 12.1. The van der Waals surface area contributed by atoms with Crippen molar-refractivity contribution in [2.45, 2.75) is 12.5 Å². The van der Waals surface area contributed by atoms with Gasteiger partial charge in [-0.05, 0) is 0 Å². The molecule has 1 unspecified atom stereocenters. The van der Waals surface area contributed by atoms with E-state index in [1.807, 2.05) is 0 Å². The lowest BCUT2D eigenvalue weighted by Gasteiger charge is -2.04. The molecule has 11 heavy (non-hydrogen) atoms. The Balaban J connectivity index is 3.55. The van der Waals surface area contributed by atoms with Crippen LogP contribution in [-0.2, 0) is 0 Å². The first-order valence-electron chi connectivity index (χ1n) is 3.13. The summed E-state index contributed by atoms with van der Waals surface area (Å²) in [6.45, 7) is 0.459. The zero-order chi connectivity index (χ0) is 8.85. The molecule has 0 rings (SSSR count). The third kappa shape index (κ3) is 5.56. The van der Waals surface area contributed by atoms with Crippen molar-refractivity contribution in [2.75, 3.05) is 6.54 Å². The molecule has 0 saturated heterocycles. The van der Waals surface area contributed by atoms with Crippen molar-refractivity contribution >= 4 is 23.2 Å². The Labute approximate surface area is 70.3 Å². The van der Waals surface area contributed by atoms with Gasteiger partial charge in [0, 0.05) is 6.42 Å². The third-order valence-corrected chi connectivity index (χ3v) is 1.35. The lowest BCUT2D eigenvalue weighted by atomic mass is 10.2. The van der Waals surface area contributed by atoms with Gasteiger partial charge in [-0.2, -0.15) is 0 Å². The summed E-state index contributed by atoms with van der Waals surface area (Å²) in [5.41, 5.74) is 15.3. The van der Waals surface area contributed by atoms with Crippen LogP contribution in [0, 0.1) is 0 Å². The summed E-state index contributed by atoms with van der Waals surface area (Å²) in [7, 11) is 0. The topological polar surface area (TPSA) is 112 Å². The summed E-state index contributed by atoms with van der Waals surface area (Å²) in [5, 5.41) is 9.04. The number of nitrogens with one attached hydrogen (secondary N) is 1. The summed E-state index contributed by atoms with van der Waals surface area (Å²) >= 11 is 4.53. The molecular formula is C5H13N4OS+. The van der Waals surface area contributed by atoms with Crippen molar-refractivity contribution < 1.29 is 10.1 Å². The number of thiocarbonyl (C=S) groups is 1. The smallest absolute Gasteiger partial charge is 0.338 e. The summed E-state index contributed by atoms with van der Waals surface area (Å²) < 4.78 is 0. The zero-order valence-corrected chi connectivity index (χ0v) is 6.90. The van der Waals surface area contributed by atoms with Crippen LogP contribution in [-0.4, -0.2) is 28.7 Å². The Kier molecular flexibility index (Phi) is 4.47. The van der Waals surface area contributed by atoms with Gasteiger partial charge in [-0.3, -0.25) is 16.5 Å². The van der Waals surface area contributed by atoms with Crippen LogP contribution >= 0.6 is 12.2 Å². The molecule has 0 fully saturated rings. The van der Waals surface area contributed by atoms with Gasteiger partial charge in [-0.25, -0.2) is 0 Å². The van der Waals surface area contributed by atoms with Crippen LogP contribution in [0.1, 0.15) is 6.42 Å². The highest BCUT2D eigenvalue weighted by atomic mass is 32.1. The molecular weight excluding hydrogens is 164 g/mol. The van der Waals surface area contributed by atoms with E-state index in [1.165, 1.54) is 0 Å². The van der Waals surface area contributed by atoms with E-state index in [1.54, 1.807) is 0 Å². The lowest BCUT2D eigenvalue weighted by Crippen LogP contribution is -2.78. The molecule has 0 radical (unpaired) electrons. The Morgan fingerprint density at radius 3 is 2.36 bits per heavy atom. The van der Waals surface area contributed by atoms with E-state index < -0.39 is 6.10 Å². The Morgan fingerprint density at radius 1 is 1.45 bits per heavy atom. The molecule has 0 aliphatic rings. The number of hydrogen-bond acceptors (Lipinski definition) is 2. The highest BCUT2D eigenvalue weighted by Crippen LogP contribution is 1.86. The van der Waals surface area contributed by atoms with E-state index in [0.717, 1.165) is 0 Å². The van der Waals surface area contributed by atoms with Crippen molar-refractivity contribution in [1.29, 1.82) is 0 Å². The van der Waals surface area contributed by atoms with Gasteiger partial charge < -0.3 is 10.8 Å². The van der Waals surface area contributed by atoms with Gasteiger partial charge >= 0.3 is 5.96 Å². The predicted molar refractivity (Wildman–Crippen MR) is 46.6 cm³/mol. The minimum atomic E-state index is -0.767. The number of hydrogen-bond donors (Lipinski definition) is 5. The molecule has 0 aliphatic carbocycles. The van der Waals surface area contributed by atoms with Crippen LogP contribution < -0.4 is 22.2 Å². The lowest BCUT2D eigenvalue weighted by molar-refractivity contribution is -0.460. The number of guanidine groups is 1. The SMILES string of the molecule is NC(=S)C(O)CC[NH+]=C(N)N. The van der Waals surface area contributed by atoms with Crippen molar-refractivity contribution in [3.05, 3.63) is 0 Å². The summed E-state index contributed by atoms with van der Waals surface area (Å²) in [4.78, 5) is 2.71. The second-order valence-corrected chi connectivity index (χ2v) is 2.56. The molecule has 1 atom stereocenters. The number of nitrogens with two attached hydrogens (primary N) is 3. The minimum Gasteiger partial charge on any atom is -0.391 e. The summed E-state index contributed by atoms with van der Waals surface area (Å²) in [6.07, 6.45) is -0.357. The van der Waals surface area contributed by atoms with Crippen LogP contribution in [0.5, 0.6) is 0 Å². The average molecular weight is 177 g/mol. The van der Waals surface area contributed by atoms with E-state index in [-0.39, 0.29) is 10.9 Å². The van der Waals surface area contributed by atoms with Crippen LogP contribution in [0.25, 0.3) is 0 Å². The monoisotopic (exact) mass is 177 g/mol. The van der Waals surface area contributed by atoms with E-state index in [0.29, 0.717) is 13.0 Å². The standard InChI is InChI=1S/C5H12N4OS/c6-4(11)3(10)1-2-9-5(7)8/h3,10H,1-2H2,(H2,6,11)(H4,7,8,9)/p+1. The summed E-state index contributed by atoms with van der Waals surface area (Å²) in [5.74, 6) is 0.125. The molecule has 0 saturated carbocycles. The van der Waals surface area contributed by atoms with Gasteiger partial charge in [0.1, 0.15) is 11.1 Å².